The second-order valence-corrected chi connectivity index (χ2v) is 5.28. The van der Waals surface area contributed by atoms with Crippen molar-refractivity contribution in [1.29, 1.82) is 0 Å². The average Bonchev–Trinajstić information content (AvgIpc) is 3.21. The maximum Gasteiger partial charge on any atom is 0.272 e. The molecule has 5 atom stereocenters. The van der Waals surface area contributed by atoms with Crippen molar-refractivity contribution >= 4 is 17.0 Å². The number of aliphatic hydroxyl groups excluding tert-OH is 1. The molecule has 0 spiro atoms. The summed E-state index contributed by atoms with van der Waals surface area (Å²) in [6.45, 7) is 1.34. The first kappa shape index (κ1) is 14.7. The molecule has 2 aliphatic rings. The molecular weight excluding hydrogens is 306 g/mol. The van der Waals surface area contributed by atoms with Gasteiger partial charge in [0.2, 0.25) is 0 Å². The van der Waals surface area contributed by atoms with Crippen LogP contribution in [-0.4, -0.2) is 62.6 Å². The van der Waals surface area contributed by atoms with Crippen LogP contribution in [-0.2, 0) is 18.9 Å². The van der Waals surface area contributed by atoms with Gasteiger partial charge < -0.3 is 29.8 Å². The number of aliphatic hydroxyl groups is 1. The Morgan fingerprint density at radius 2 is 2.09 bits per heavy atom. The highest BCUT2D eigenvalue weighted by atomic mass is 16.9. The molecule has 0 unspecified atom stereocenters. The van der Waals surface area contributed by atoms with Crippen LogP contribution in [0.25, 0.3) is 11.2 Å². The molecule has 0 radical (unpaired) electrons. The highest BCUT2D eigenvalue weighted by molar-refractivity contribution is 5.81. The van der Waals surface area contributed by atoms with E-state index < -0.39 is 31.0 Å². The molecule has 4 rings (SSSR count). The van der Waals surface area contributed by atoms with Gasteiger partial charge in [0.1, 0.15) is 30.2 Å². The van der Waals surface area contributed by atoms with Crippen molar-refractivity contribution in [3.8, 4) is 0 Å². The van der Waals surface area contributed by atoms with Gasteiger partial charge in [0.05, 0.1) is 12.9 Å². The van der Waals surface area contributed by atoms with E-state index in [1.807, 2.05) is 6.92 Å². The molecule has 2 fully saturated rings. The first-order chi connectivity index (χ1) is 11.2. The first-order valence-electron chi connectivity index (χ1n) is 7.34. The quantitative estimate of drug-likeness (QED) is 0.758. The largest absolute Gasteiger partial charge is 0.394 e. The summed E-state index contributed by atoms with van der Waals surface area (Å²) in [7, 11) is 0. The summed E-state index contributed by atoms with van der Waals surface area (Å²) in [4.78, 5) is 12.3. The lowest BCUT2D eigenvalue weighted by atomic mass is 10.1. The van der Waals surface area contributed by atoms with Crippen LogP contribution in [0.2, 0.25) is 0 Å². The van der Waals surface area contributed by atoms with E-state index in [0.717, 1.165) is 0 Å². The van der Waals surface area contributed by atoms with Gasteiger partial charge in [0, 0.05) is 6.61 Å². The van der Waals surface area contributed by atoms with Crippen molar-refractivity contribution in [2.24, 2.45) is 0 Å². The molecule has 0 bridgehead atoms. The molecule has 124 valence electrons. The number of anilines is 1. The fourth-order valence-electron chi connectivity index (χ4n) is 2.95. The lowest BCUT2D eigenvalue weighted by molar-refractivity contribution is -0.265. The van der Waals surface area contributed by atoms with E-state index >= 15 is 0 Å². The minimum atomic E-state index is -0.773. The van der Waals surface area contributed by atoms with Crippen molar-refractivity contribution in [1.82, 2.24) is 19.5 Å². The van der Waals surface area contributed by atoms with Gasteiger partial charge >= 0.3 is 0 Å². The Bertz CT molecular complexity index is 709. The second kappa shape index (κ2) is 5.65. The highest BCUT2D eigenvalue weighted by Crippen LogP contribution is 2.40. The van der Waals surface area contributed by atoms with E-state index in [2.05, 4.69) is 15.0 Å². The van der Waals surface area contributed by atoms with Gasteiger partial charge in [-0.2, -0.15) is 0 Å². The summed E-state index contributed by atoms with van der Waals surface area (Å²) in [6, 6.07) is 0. The zero-order valence-corrected chi connectivity index (χ0v) is 12.4. The number of nitrogens with zero attached hydrogens (tertiary/aromatic N) is 4. The fraction of sp³-hybridized carbons (Fsp3) is 0.615. The topological polar surface area (TPSA) is 127 Å². The van der Waals surface area contributed by atoms with Gasteiger partial charge in [-0.15, -0.1) is 0 Å². The molecule has 2 aromatic heterocycles. The van der Waals surface area contributed by atoms with Crippen LogP contribution in [0.1, 0.15) is 13.2 Å². The lowest BCUT2D eigenvalue weighted by Gasteiger charge is -2.20. The summed E-state index contributed by atoms with van der Waals surface area (Å²) >= 11 is 0. The molecule has 0 aromatic carbocycles. The molecule has 2 saturated heterocycles. The Balaban J connectivity index is 1.69. The van der Waals surface area contributed by atoms with Gasteiger partial charge in [0.15, 0.2) is 17.7 Å². The SMILES string of the molecule is CCO[C@@H]1O[C@@H]2[C@@H](O1)[C@@H](CO)O[C@H]2n1cnc2c(N)ncnc21. The maximum atomic E-state index is 9.53. The van der Waals surface area contributed by atoms with Crippen LogP contribution in [0.3, 0.4) is 0 Å². The van der Waals surface area contributed by atoms with Gasteiger partial charge in [-0.25, -0.2) is 15.0 Å². The van der Waals surface area contributed by atoms with E-state index in [4.69, 9.17) is 24.7 Å². The second-order valence-electron chi connectivity index (χ2n) is 5.28. The Labute approximate surface area is 131 Å². The fourth-order valence-corrected chi connectivity index (χ4v) is 2.95. The Morgan fingerprint density at radius 3 is 2.87 bits per heavy atom. The summed E-state index contributed by atoms with van der Waals surface area (Å²) in [5, 5.41) is 9.53. The third-order valence-corrected chi connectivity index (χ3v) is 3.97. The summed E-state index contributed by atoms with van der Waals surface area (Å²) < 4.78 is 24.4. The van der Waals surface area contributed by atoms with E-state index in [0.29, 0.717) is 17.8 Å². The monoisotopic (exact) mass is 323 g/mol. The van der Waals surface area contributed by atoms with Crippen LogP contribution in [0.15, 0.2) is 12.7 Å². The molecule has 3 N–H and O–H groups in total. The molecule has 2 aliphatic heterocycles. The molecule has 0 aliphatic carbocycles. The summed E-state index contributed by atoms with van der Waals surface area (Å²) in [5.74, 6) is 0.290. The third-order valence-electron chi connectivity index (χ3n) is 3.97. The number of imidazole rings is 1. The Hall–Kier alpha value is -1.85. The van der Waals surface area contributed by atoms with Crippen LogP contribution < -0.4 is 5.73 Å². The molecule has 4 heterocycles. The van der Waals surface area contributed by atoms with Crippen molar-refractivity contribution < 1.29 is 24.1 Å². The van der Waals surface area contributed by atoms with E-state index in [1.165, 1.54) is 6.33 Å². The number of fused-ring (bicyclic) bond motifs is 2. The molecular formula is C13H17N5O5. The van der Waals surface area contributed by atoms with Crippen LogP contribution in [0.4, 0.5) is 5.82 Å². The van der Waals surface area contributed by atoms with Gasteiger partial charge in [-0.1, -0.05) is 0 Å². The number of hydrogen-bond donors (Lipinski definition) is 2. The Morgan fingerprint density at radius 1 is 1.26 bits per heavy atom. The zero-order valence-electron chi connectivity index (χ0n) is 12.4. The van der Waals surface area contributed by atoms with E-state index in [9.17, 15) is 5.11 Å². The van der Waals surface area contributed by atoms with Crippen molar-refractivity contribution in [3.63, 3.8) is 0 Å². The zero-order chi connectivity index (χ0) is 16.0. The predicted molar refractivity (Wildman–Crippen MR) is 75.9 cm³/mol. The minimum absolute atomic E-state index is 0.191. The standard InChI is InChI=1S/C13H17N5O5/c1-2-20-13-22-8-6(3-19)21-12(9(8)23-13)18-5-17-7-10(14)15-4-16-11(7)18/h4-6,8-9,12-13,19H,2-3H2,1H3,(H2,14,15,16)/t6-,8+,9-,12-,13+/m1/s1. The Kier molecular flexibility index (Phi) is 3.62. The van der Waals surface area contributed by atoms with Gasteiger partial charge in [-0.3, -0.25) is 4.57 Å². The predicted octanol–water partition coefficient (Wildman–Crippen LogP) is -0.598. The third kappa shape index (κ3) is 2.26. The smallest absolute Gasteiger partial charge is 0.272 e. The van der Waals surface area contributed by atoms with Crippen molar-refractivity contribution in [2.75, 3.05) is 18.9 Å². The van der Waals surface area contributed by atoms with Gasteiger partial charge in [0.25, 0.3) is 6.48 Å². The van der Waals surface area contributed by atoms with Crippen LogP contribution in [0, 0.1) is 0 Å². The first-order valence-corrected chi connectivity index (χ1v) is 7.34. The maximum absolute atomic E-state index is 9.53. The van der Waals surface area contributed by atoms with E-state index in [-0.39, 0.29) is 12.4 Å². The number of ether oxygens (including phenoxy) is 4. The van der Waals surface area contributed by atoms with E-state index in [1.54, 1.807) is 10.9 Å². The average molecular weight is 323 g/mol. The van der Waals surface area contributed by atoms with Crippen molar-refractivity contribution in [3.05, 3.63) is 12.7 Å². The minimum Gasteiger partial charge on any atom is -0.394 e. The van der Waals surface area contributed by atoms with Crippen LogP contribution >= 0.6 is 0 Å². The number of nitrogen functional groups attached to an aromatic ring is 1. The summed E-state index contributed by atoms with van der Waals surface area (Å²) in [6.07, 6.45) is 0.972. The number of hydrogen-bond acceptors (Lipinski definition) is 9. The lowest BCUT2D eigenvalue weighted by Crippen LogP contribution is -2.31. The molecule has 2 aromatic rings. The van der Waals surface area contributed by atoms with Gasteiger partial charge in [-0.05, 0) is 6.92 Å². The van der Waals surface area contributed by atoms with Crippen molar-refractivity contribution in [2.45, 2.75) is 37.9 Å². The molecule has 0 saturated carbocycles. The number of nitrogens with two attached hydrogens (primary N) is 1. The number of rotatable bonds is 4. The number of aromatic nitrogens is 4. The molecule has 23 heavy (non-hydrogen) atoms. The summed E-state index contributed by atoms with van der Waals surface area (Å²) in [5.41, 5.74) is 6.82. The molecule has 10 heteroatoms. The normalized spacial score (nSPS) is 33.4. The highest BCUT2D eigenvalue weighted by Gasteiger charge is 2.54. The molecule has 0 amide bonds. The molecule has 10 nitrogen and oxygen atoms in total. The van der Waals surface area contributed by atoms with Crippen LogP contribution in [0.5, 0.6) is 0 Å².